The van der Waals surface area contributed by atoms with Crippen LogP contribution in [0.4, 0.5) is 0 Å². The van der Waals surface area contributed by atoms with Gasteiger partial charge in [-0.05, 0) is 18.8 Å². The third-order valence-corrected chi connectivity index (χ3v) is 9.27. The minimum Gasteiger partial charge on any atom is -0.463 e. The highest BCUT2D eigenvalue weighted by atomic mass is 16.6. The van der Waals surface area contributed by atoms with Gasteiger partial charge in [0.2, 0.25) is 0 Å². The van der Waals surface area contributed by atoms with E-state index < -0.39 is 6.10 Å². The summed E-state index contributed by atoms with van der Waals surface area (Å²) in [5.41, 5.74) is 0. The fraction of sp³-hybridized carbons (Fsp3) is 0.951. The van der Waals surface area contributed by atoms with E-state index in [0.29, 0.717) is 12.8 Å². The third-order valence-electron chi connectivity index (χ3n) is 9.27. The Bertz CT molecular complexity index is 634. The first-order chi connectivity index (χ1) is 22.5. The van der Waals surface area contributed by atoms with Crippen LogP contribution in [0.3, 0.4) is 0 Å². The Morgan fingerprint density at radius 3 is 0.978 bits per heavy atom. The van der Waals surface area contributed by atoms with Gasteiger partial charge in [0.25, 0.3) is 0 Å². The van der Waals surface area contributed by atoms with Crippen molar-refractivity contribution in [2.45, 2.75) is 232 Å². The zero-order chi connectivity index (χ0) is 33.8. The fourth-order valence-electron chi connectivity index (χ4n) is 6.15. The highest BCUT2D eigenvalue weighted by molar-refractivity contribution is 5.69. The molecular formula is C41H80O5. The zero-order valence-corrected chi connectivity index (χ0v) is 31.3. The van der Waals surface area contributed by atoms with Gasteiger partial charge in [0.15, 0.2) is 0 Å². The normalized spacial score (nSPS) is 12.1. The van der Waals surface area contributed by atoms with Gasteiger partial charge in [0.05, 0.1) is 0 Å². The van der Waals surface area contributed by atoms with Crippen LogP contribution in [0.25, 0.3) is 0 Å². The van der Waals surface area contributed by atoms with E-state index >= 15 is 0 Å². The molecule has 0 aromatic carbocycles. The molecule has 0 radical (unpaired) electrons. The molecule has 0 fully saturated rings. The largest absolute Gasteiger partial charge is 0.463 e. The van der Waals surface area contributed by atoms with E-state index in [0.717, 1.165) is 31.6 Å². The molecule has 1 N–H and O–H groups in total. The third kappa shape index (κ3) is 37.4. The molecule has 5 heteroatoms. The number of carbonyl (C=O) groups excluding carboxylic acids is 2. The first kappa shape index (κ1) is 44.9. The lowest BCUT2D eigenvalue weighted by Crippen LogP contribution is -2.25. The number of carbonyl (C=O) groups is 2. The highest BCUT2D eigenvalue weighted by Crippen LogP contribution is 2.16. The lowest BCUT2D eigenvalue weighted by molar-refractivity contribution is -0.152. The fourth-order valence-corrected chi connectivity index (χ4v) is 6.15. The monoisotopic (exact) mass is 653 g/mol. The highest BCUT2D eigenvalue weighted by Gasteiger charge is 2.12. The van der Waals surface area contributed by atoms with E-state index in [1.54, 1.807) is 0 Å². The van der Waals surface area contributed by atoms with Crippen molar-refractivity contribution in [3.05, 3.63) is 0 Å². The molecule has 0 saturated heterocycles. The Labute approximate surface area is 287 Å². The summed E-state index contributed by atoms with van der Waals surface area (Å²) in [5, 5.41) is 10.0. The molecule has 274 valence electrons. The standard InChI is InChI=1S/C41H80O5/c1-4-5-6-7-8-9-10-11-12-13-14-15-16-19-22-25-28-31-34-40(43)45-36-39(42)37-46-41(44)35-32-29-26-23-20-17-18-21-24-27-30-33-38(2)3/h38-39,42H,4-37H2,1-3H3/t39-/m0/s1. The lowest BCUT2D eigenvalue weighted by Gasteiger charge is -2.12. The number of esters is 2. The molecule has 0 amide bonds. The Morgan fingerprint density at radius 2 is 0.696 bits per heavy atom. The molecule has 0 aromatic rings. The van der Waals surface area contributed by atoms with Crippen LogP contribution in [0.1, 0.15) is 226 Å². The second-order valence-corrected chi connectivity index (χ2v) is 14.6. The van der Waals surface area contributed by atoms with Gasteiger partial charge >= 0.3 is 11.9 Å². The smallest absolute Gasteiger partial charge is 0.305 e. The molecule has 0 spiro atoms. The molecule has 0 unspecified atom stereocenters. The number of rotatable bonds is 37. The predicted octanol–water partition coefficient (Wildman–Crippen LogP) is 12.6. The topological polar surface area (TPSA) is 72.8 Å². The Balaban J connectivity index is 3.37. The van der Waals surface area contributed by atoms with Crippen LogP contribution in [0.15, 0.2) is 0 Å². The minimum atomic E-state index is -0.955. The number of hydrogen-bond donors (Lipinski definition) is 1. The maximum atomic E-state index is 12.0. The van der Waals surface area contributed by atoms with Gasteiger partial charge < -0.3 is 14.6 Å². The molecule has 1 atom stereocenters. The van der Waals surface area contributed by atoms with Crippen molar-refractivity contribution >= 4 is 11.9 Å². The zero-order valence-electron chi connectivity index (χ0n) is 31.3. The van der Waals surface area contributed by atoms with Crippen molar-refractivity contribution in [1.29, 1.82) is 0 Å². The van der Waals surface area contributed by atoms with Crippen LogP contribution < -0.4 is 0 Å². The molecule has 0 aliphatic heterocycles. The SMILES string of the molecule is CCCCCCCCCCCCCCCCCCCCC(=O)OC[C@H](O)COC(=O)CCCCCCCCCCCCCC(C)C. The lowest BCUT2D eigenvalue weighted by atomic mass is 10.0. The summed E-state index contributed by atoms with van der Waals surface area (Å²) in [7, 11) is 0. The first-order valence-corrected chi connectivity index (χ1v) is 20.4. The molecule has 0 saturated carbocycles. The quantitative estimate of drug-likeness (QED) is 0.0534. The summed E-state index contributed by atoms with van der Waals surface area (Å²) < 4.78 is 10.3. The number of aliphatic hydroxyl groups is 1. The van der Waals surface area contributed by atoms with E-state index in [-0.39, 0.29) is 25.2 Å². The van der Waals surface area contributed by atoms with Crippen molar-refractivity contribution in [3.63, 3.8) is 0 Å². The van der Waals surface area contributed by atoms with Crippen LogP contribution in [-0.2, 0) is 19.1 Å². The molecule has 0 aliphatic rings. The molecule has 0 aliphatic carbocycles. The molecule has 0 heterocycles. The van der Waals surface area contributed by atoms with E-state index in [4.69, 9.17) is 9.47 Å². The van der Waals surface area contributed by atoms with Gasteiger partial charge in [0.1, 0.15) is 19.3 Å². The van der Waals surface area contributed by atoms with E-state index in [1.807, 2.05) is 0 Å². The minimum absolute atomic E-state index is 0.108. The molecular weight excluding hydrogens is 572 g/mol. The molecule has 5 nitrogen and oxygen atoms in total. The summed E-state index contributed by atoms with van der Waals surface area (Å²) in [6.45, 7) is 6.67. The van der Waals surface area contributed by atoms with Crippen LogP contribution in [0.5, 0.6) is 0 Å². The number of hydrogen-bond acceptors (Lipinski definition) is 5. The van der Waals surface area contributed by atoms with Crippen molar-refractivity contribution in [3.8, 4) is 0 Å². The number of unbranched alkanes of at least 4 members (excludes halogenated alkanes) is 27. The summed E-state index contributed by atoms with van der Waals surface area (Å²) in [4.78, 5) is 23.9. The summed E-state index contributed by atoms with van der Waals surface area (Å²) in [5.74, 6) is 0.285. The Hall–Kier alpha value is -1.10. The van der Waals surface area contributed by atoms with Gasteiger partial charge in [-0.15, -0.1) is 0 Å². The van der Waals surface area contributed by atoms with Crippen LogP contribution in [-0.4, -0.2) is 36.4 Å². The van der Waals surface area contributed by atoms with E-state index in [9.17, 15) is 14.7 Å². The van der Waals surface area contributed by atoms with Crippen LogP contribution in [0, 0.1) is 5.92 Å². The predicted molar refractivity (Wildman–Crippen MR) is 196 cm³/mol. The number of ether oxygens (including phenoxy) is 2. The second-order valence-electron chi connectivity index (χ2n) is 14.6. The Kier molecular flexibility index (Phi) is 35.9. The number of aliphatic hydroxyl groups excluding tert-OH is 1. The van der Waals surface area contributed by atoms with E-state index in [2.05, 4.69) is 20.8 Å². The van der Waals surface area contributed by atoms with Crippen molar-refractivity contribution in [2.75, 3.05) is 13.2 Å². The summed E-state index contributed by atoms with van der Waals surface area (Å²) >= 11 is 0. The van der Waals surface area contributed by atoms with Crippen molar-refractivity contribution in [1.82, 2.24) is 0 Å². The molecule has 0 aromatic heterocycles. The molecule has 0 rings (SSSR count). The van der Waals surface area contributed by atoms with Gasteiger partial charge in [-0.2, -0.15) is 0 Å². The van der Waals surface area contributed by atoms with Gasteiger partial charge in [-0.25, -0.2) is 0 Å². The van der Waals surface area contributed by atoms with Gasteiger partial charge in [-0.1, -0.05) is 201 Å². The van der Waals surface area contributed by atoms with Gasteiger partial charge in [-0.3, -0.25) is 9.59 Å². The summed E-state index contributed by atoms with van der Waals surface area (Å²) in [6.07, 6.45) is 38.8. The van der Waals surface area contributed by atoms with Gasteiger partial charge in [0, 0.05) is 12.8 Å². The molecule has 46 heavy (non-hydrogen) atoms. The van der Waals surface area contributed by atoms with Crippen LogP contribution in [0.2, 0.25) is 0 Å². The second kappa shape index (κ2) is 36.7. The first-order valence-electron chi connectivity index (χ1n) is 20.4. The Morgan fingerprint density at radius 1 is 0.435 bits per heavy atom. The average Bonchev–Trinajstić information content (AvgIpc) is 3.04. The van der Waals surface area contributed by atoms with E-state index in [1.165, 1.54) is 167 Å². The average molecular weight is 653 g/mol. The molecule has 0 bridgehead atoms. The van der Waals surface area contributed by atoms with Crippen molar-refractivity contribution in [2.24, 2.45) is 5.92 Å². The maximum Gasteiger partial charge on any atom is 0.305 e. The summed E-state index contributed by atoms with van der Waals surface area (Å²) in [6, 6.07) is 0. The van der Waals surface area contributed by atoms with Crippen molar-refractivity contribution < 1.29 is 24.2 Å². The van der Waals surface area contributed by atoms with Crippen LogP contribution >= 0.6 is 0 Å². The maximum absolute atomic E-state index is 12.0.